The van der Waals surface area contributed by atoms with Gasteiger partial charge in [0.2, 0.25) is 0 Å². The Kier molecular flexibility index (Phi) is 5.29. The second-order valence-electron chi connectivity index (χ2n) is 4.46. The normalized spacial score (nSPS) is 21.0. The molecule has 1 aromatic rings. The molecule has 1 fully saturated rings. The molecule has 1 aliphatic heterocycles. The zero-order chi connectivity index (χ0) is 10.7. The molecule has 1 saturated heterocycles. The lowest BCUT2D eigenvalue weighted by molar-refractivity contribution is 0.251. The summed E-state index contributed by atoms with van der Waals surface area (Å²) in [4.78, 5) is 2.35. The van der Waals surface area contributed by atoms with E-state index < -0.39 is 0 Å². The summed E-state index contributed by atoms with van der Waals surface area (Å²) < 4.78 is 5.42. The minimum atomic E-state index is 0. The number of nitrogens with zero attached hydrogens (tertiary/aromatic N) is 2. The van der Waals surface area contributed by atoms with Crippen molar-refractivity contribution in [3.8, 4) is 0 Å². The van der Waals surface area contributed by atoms with Gasteiger partial charge in [-0.3, -0.25) is 4.90 Å². The third-order valence-corrected chi connectivity index (χ3v) is 3.21. The zero-order valence-electron chi connectivity index (χ0n) is 10.1. The van der Waals surface area contributed by atoms with Crippen LogP contribution in [0.2, 0.25) is 0 Å². The Morgan fingerprint density at radius 2 is 2.38 bits per heavy atom. The molecule has 0 saturated carbocycles. The molecule has 3 nitrogen and oxygen atoms in total. The van der Waals surface area contributed by atoms with Crippen LogP contribution in [-0.4, -0.2) is 23.6 Å². The highest BCUT2D eigenvalue weighted by Crippen LogP contribution is 2.30. The van der Waals surface area contributed by atoms with Crippen LogP contribution in [0.3, 0.4) is 0 Å². The maximum absolute atomic E-state index is 5.42. The average Bonchev–Trinajstić information content (AvgIpc) is 2.83. The minimum Gasteiger partial charge on any atom is -0.359 e. The highest BCUT2D eigenvalue weighted by atomic mass is 35.5. The van der Waals surface area contributed by atoms with E-state index in [0.29, 0.717) is 6.04 Å². The van der Waals surface area contributed by atoms with Gasteiger partial charge in [-0.05, 0) is 39.3 Å². The van der Waals surface area contributed by atoms with E-state index >= 15 is 0 Å². The summed E-state index contributed by atoms with van der Waals surface area (Å²) in [5.74, 6) is 1.06. The quantitative estimate of drug-likeness (QED) is 0.815. The molecule has 1 atom stereocenters. The molecule has 0 bridgehead atoms. The van der Waals surface area contributed by atoms with Gasteiger partial charge in [0.1, 0.15) is 0 Å². The molecule has 0 aromatic carbocycles. The maximum atomic E-state index is 5.42. The van der Waals surface area contributed by atoms with Crippen molar-refractivity contribution in [3.63, 3.8) is 0 Å². The largest absolute Gasteiger partial charge is 0.359 e. The zero-order valence-corrected chi connectivity index (χ0v) is 10.9. The lowest BCUT2D eigenvalue weighted by Gasteiger charge is -2.15. The van der Waals surface area contributed by atoms with Crippen molar-refractivity contribution in [3.05, 3.63) is 17.5 Å². The summed E-state index contributed by atoms with van der Waals surface area (Å²) in [5.41, 5.74) is 1.12. The molecule has 1 aromatic heterocycles. The molecule has 2 heterocycles. The summed E-state index contributed by atoms with van der Waals surface area (Å²) in [6, 6.07) is 2.61. The van der Waals surface area contributed by atoms with E-state index in [9.17, 15) is 0 Å². The Balaban J connectivity index is 0.00000128. The van der Waals surface area contributed by atoms with Crippen LogP contribution in [0.1, 0.15) is 50.1 Å². The van der Waals surface area contributed by atoms with Gasteiger partial charge in [-0.15, -0.1) is 12.4 Å². The van der Waals surface area contributed by atoms with E-state index in [0.717, 1.165) is 17.9 Å². The Hall–Kier alpha value is -0.540. The SMILES string of the molecule is CCCCc1cc([C@@H]2CCCN2C)on1.Cl. The number of unbranched alkanes of at least 4 members (excludes halogenated alkanes) is 1. The fourth-order valence-corrected chi connectivity index (χ4v) is 2.23. The third-order valence-electron chi connectivity index (χ3n) is 3.21. The van der Waals surface area contributed by atoms with Crippen molar-refractivity contribution in [1.29, 1.82) is 0 Å². The Morgan fingerprint density at radius 1 is 1.56 bits per heavy atom. The maximum Gasteiger partial charge on any atom is 0.154 e. The number of aromatic nitrogens is 1. The van der Waals surface area contributed by atoms with Gasteiger partial charge in [0.15, 0.2) is 5.76 Å². The fourth-order valence-electron chi connectivity index (χ4n) is 2.23. The second-order valence-corrected chi connectivity index (χ2v) is 4.46. The number of rotatable bonds is 4. The van der Waals surface area contributed by atoms with Gasteiger partial charge in [0, 0.05) is 6.07 Å². The second kappa shape index (κ2) is 6.26. The van der Waals surface area contributed by atoms with E-state index in [1.54, 1.807) is 0 Å². The van der Waals surface area contributed by atoms with Gasteiger partial charge in [-0.2, -0.15) is 0 Å². The summed E-state index contributed by atoms with van der Waals surface area (Å²) in [6.45, 7) is 3.38. The van der Waals surface area contributed by atoms with Crippen molar-refractivity contribution in [2.24, 2.45) is 0 Å². The number of hydrogen-bond acceptors (Lipinski definition) is 3. The van der Waals surface area contributed by atoms with Gasteiger partial charge in [-0.25, -0.2) is 0 Å². The Labute approximate surface area is 104 Å². The molecule has 4 heteroatoms. The lowest BCUT2D eigenvalue weighted by Crippen LogP contribution is -2.16. The van der Waals surface area contributed by atoms with E-state index in [1.807, 2.05) is 0 Å². The van der Waals surface area contributed by atoms with Crippen molar-refractivity contribution in [1.82, 2.24) is 10.1 Å². The van der Waals surface area contributed by atoms with E-state index in [-0.39, 0.29) is 12.4 Å². The highest BCUT2D eigenvalue weighted by molar-refractivity contribution is 5.85. The molecule has 0 aliphatic carbocycles. The first-order valence-electron chi connectivity index (χ1n) is 5.97. The topological polar surface area (TPSA) is 29.3 Å². The molecule has 1 aliphatic rings. The molecule has 92 valence electrons. The highest BCUT2D eigenvalue weighted by Gasteiger charge is 2.25. The van der Waals surface area contributed by atoms with Crippen LogP contribution >= 0.6 is 12.4 Å². The molecular formula is C12H21ClN2O. The van der Waals surface area contributed by atoms with Crippen molar-refractivity contribution >= 4 is 12.4 Å². The Bertz CT molecular complexity index is 314. The molecule has 0 amide bonds. The molecule has 2 rings (SSSR count). The van der Waals surface area contributed by atoms with Crippen LogP contribution in [0, 0.1) is 0 Å². The van der Waals surface area contributed by atoms with Gasteiger partial charge in [-0.1, -0.05) is 18.5 Å². The average molecular weight is 245 g/mol. The molecule has 0 unspecified atom stereocenters. The smallest absolute Gasteiger partial charge is 0.154 e. The van der Waals surface area contributed by atoms with Crippen LogP contribution in [0.5, 0.6) is 0 Å². The number of likely N-dealkylation sites (tertiary alicyclic amines) is 1. The minimum absolute atomic E-state index is 0. The van der Waals surface area contributed by atoms with Crippen molar-refractivity contribution < 1.29 is 4.52 Å². The van der Waals surface area contributed by atoms with E-state index in [4.69, 9.17) is 4.52 Å². The molecule has 0 spiro atoms. The Morgan fingerprint density at radius 3 is 3.00 bits per heavy atom. The van der Waals surface area contributed by atoms with Crippen LogP contribution in [0.25, 0.3) is 0 Å². The molecule has 0 radical (unpaired) electrons. The van der Waals surface area contributed by atoms with Crippen LogP contribution in [-0.2, 0) is 6.42 Å². The van der Waals surface area contributed by atoms with Gasteiger partial charge in [0.05, 0.1) is 11.7 Å². The summed E-state index contributed by atoms with van der Waals surface area (Å²) in [7, 11) is 2.16. The van der Waals surface area contributed by atoms with Crippen LogP contribution in [0.4, 0.5) is 0 Å². The first-order chi connectivity index (χ1) is 7.31. The van der Waals surface area contributed by atoms with Gasteiger partial charge < -0.3 is 4.52 Å². The summed E-state index contributed by atoms with van der Waals surface area (Å²) >= 11 is 0. The van der Waals surface area contributed by atoms with Crippen molar-refractivity contribution in [2.75, 3.05) is 13.6 Å². The third kappa shape index (κ3) is 2.98. The first kappa shape index (κ1) is 13.5. The standard InChI is InChI=1S/C12H20N2O.ClH/c1-3-4-6-10-9-12(15-13-10)11-7-5-8-14(11)2;/h9,11H,3-8H2,1-2H3;1H/t11-;/m0./s1. The van der Waals surface area contributed by atoms with Crippen LogP contribution < -0.4 is 0 Å². The molecule has 0 N–H and O–H groups in total. The van der Waals surface area contributed by atoms with Crippen molar-refractivity contribution in [2.45, 2.75) is 45.1 Å². The number of halogens is 1. The summed E-state index contributed by atoms with van der Waals surface area (Å²) in [5, 5.41) is 4.13. The van der Waals surface area contributed by atoms with Gasteiger partial charge >= 0.3 is 0 Å². The molecule has 16 heavy (non-hydrogen) atoms. The first-order valence-corrected chi connectivity index (χ1v) is 5.97. The van der Waals surface area contributed by atoms with Crippen LogP contribution in [0.15, 0.2) is 10.6 Å². The summed E-state index contributed by atoms with van der Waals surface area (Å²) in [6.07, 6.45) is 5.94. The fraction of sp³-hybridized carbons (Fsp3) is 0.750. The number of hydrogen-bond donors (Lipinski definition) is 0. The van der Waals surface area contributed by atoms with E-state index in [1.165, 1.54) is 32.2 Å². The molecular weight excluding hydrogens is 224 g/mol. The number of aryl methyl sites for hydroxylation is 1. The monoisotopic (exact) mass is 244 g/mol. The van der Waals surface area contributed by atoms with Gasteiger partial charge in [0.25, 0.3) is 0 Å². The predicted octanol–water partition coefficient (Wildman–Crippen LogP) is 3.21. The predicted molar refractivity (Wildman–Crippen MR) is 67.0 cm³/mol. The lowest BCUT2D eigenvalue weighted by atomic mass is 10.1. The van der Waals surface area contributed by atoms with E-state index in [2.05, 4.69) is 30.1 Å².